The first kappa shape index (κ1) is 15.6. The molecule has 0 heterocycles. The van der Waals surface area contributed by atoms with E-state index >= 15 is 0 Å². The molecule has 0 N–H and O–H groups in total. The van der Waals surface area contributed by atoms with E-state index in [1.165, 1.54) is 21.2 Å². The van der Waals surface area contributed by atoms with Crippen molar-refractivity contribution in [2.24, 2.45) is 0 Å². The molecule has 1 aromatic rings. The molecule has 8 heteroatoms. The Bertz CT molecular complexity index is 533. The van der Waals surface area contributed by atoms with Gasteiger partial charge in [-0.05, 0) is 33.6 Å². The molecule has 102 valence electrons. The normalized spacial score (nSPS) is 11.7. The SMILES string of the molecule is COc1cc(CCl)cc(Br)c1OS(=O)(=O)N(C)C. The fourth-order valence-electron chi connectivity index (χ4n) is 1.11. The number of halogens is 2. The van der Waals surface area contributed by atoms with Gasteiger partial charge in [0.1, 0.15) is 0 Å². The molecule has 1 aromatic carbocycles. The van der Waals surface area contributed by atoms with Crippen LogP contribution in [-0.4, -0.2) is 33.9 Å². The molecule has 0 spiro atoms. The predicted molar refractivity (Wildman–Crippen MR) is 73.5 cm³/mol. The number of benzene rings is 1. The van der Waals surface area contributed by atoms with E-state index in [9.17, 15) is 8.42 Å². The molecule has 5 nitrogen and oxygen atoms in total. The van der Waals surface area contributed by atoms with Crippen LogP contribution in [0, 0.1) is 0 Å². The highest BCUT2D eigenvalue weighted by atomic mass is 79.9. The van der Waals surface area contributed by atoms with Gasteiger partial charge in [-0.1, -0.05) is 0 Å². The van der Waals surface area contributed by atoms with Crippen LogP contribution in [0.4, 0.5) is 0 Å². The lowest BCUT2D eigenvalue weighted by Gasteiger charge is -2.16. The van der Waals surface area contributed by atoms with Gasteiger partial charge in [-0.15, -0.1) is 11.6 Å². The van der Waals surface area contributed by atoms with E-state index < -0.39 is 10.3 Å². The lowest BCUT2D eigenvalue weighted by molar-refractivity contribution is 0.375. The summed E-state index contributed by atoms with van der Waals surface area (Å²) in [6.45, 7) is 0. The molecule has 0 aliphatic heterocycles. The molecular formula is C10H13BrClNO4S. The summed E-state index contributed by atoms with van der Waals surface area (Å²) in [6.07, 6.45) is 0. The zero-order valence-corrected chi connectivity index (χ0v) is 13.3. The minimum atomic E-state index is -3.84. The molecule has 0 radical (unpaired) electrons. The largest absolute Gasteiger partial charge is 0.493 e. The van der Waals surface area contributed by atoms with Gasteiger partial charge in [0, 0.05) is 20.0 Å². The van der Waals surface area contributed by atoms with Crippen molar-refractivity contribution in [1.82, 2.24) is 4.31 Å². The number of ether oxygens (including phenoxy) is 1. The Morgan fingerprint density at radius 2 is 2.00 bits per heavy atom. The van der Waals surface area contributed by atoms with Gasteiger partial charge in [0.05, 0.1) is 11.6 Å². The number of nitrogens with zero attached hydrogens (tertiary/aromatic N) is 1. The molecule has 0 bridgehead atoms. The molecule has 0 aliphatic rings. The second-order valence-electron chi connectivity index (χ2n) is 3.57. The molecule has 18 heavy (non-hydrogen) atoms. The first-order valence-electron chi connectivity index (χ1n) is 4.86. The number of alkyl halides is 1. The third kappa shape index (κ3) is 3.50. The van der Waals surface area contributed by atoms with Crippen LogP contribution in [0.25, 0.3) is 0 Å². The Balaban J connectivity index is 3.25. The number of rotatable bonds is 5. The molecule has 1 rings (SSSR count). The number of hydrogen-bond donors (Lipinski definition) is 0. The average Bonchev–Trinajstić information content (AvgIpc) is 2.30. The van der Waals surface area contributed by atoms with E-state index in [0.29, 0.717) is 10.2 Å². The highest BCUT2D eigenvalue weighted by Gasteiger charge is 2.21. The Morgan fingerprint density at radius 1 is 1.39 bits per heavy atom. The molecule has 0 aliphatic carbocycles. The van der Waals surface area contributed by atoms with Gasteiger partial charge in [-0.3, -0.25) is 0 Å². The fraction of sp³-hybridized carbons (Fsp3) is 0.400. The van der Waals surface area contributed by atoms with Crippen LogP contribution >= 0.6 is 27.5 Å². The Labute approximate surface area is 120 Å². The van der Waals surface area contributed by atoms with Crippen molar-refractivity contribution < 1.29 is 17.3 Å². The Morgan fingerprint density at radius 3 is 2.44 bits per heavy atom. The van der Waals surface area contributed by atoms with Crippen molar-refractivity contribution in [1.29, 1.82) is 0 Å². The smallest absolute Gasteiger partial charge is 0.384 e. The lowest BCUT2D eigenvalue weighted by Crippen LogP contribution is -2.27. The quantitative estimate of drug-likeness (QED) is 0.758. The first-order valence-corrected chi connectivity index (χ1v) is 7.55. The van der Waals surface area contributed by atoms with E-state index in [2.05, 4.69) is 15.9 Å². The van der Waals surface area contributed by atoms with E-state index in [1.54, 1.807) is 12.1 Å². The summed E-state index contributed by atoms with van der Waals surface area (Å²) in [5.41, 5.74) is 0.787. The standard InChI is InChI=1S/C10H13BrClNO4S/c1-13(2)18(14,15)17-10-8(11)4-7(6-12)5-9(10)16-3/h4-5H,6H2,1-3H3. The number of methoxy groups -OCH3 is 1. The van der Waals surface area contributed by atoms with Crippen molar-refractivity contribution in [2.75, 3.05) is 21.2 Å². The van der Waals surface area contributed by atoms with Gasteiger partial charge in [-0.25, -0.2) is 0 Å². The van der Waals surface area contributed by atoms with E-state index in [-0.39, 0.29) is 11.6 Å². The van der Waals surface area contributed by atoms with Gasteiger partial charge < -0.3 is 8.92 Å². The maximum Gasteiger partial charge on any atom is 0.384 e. The summed E-state index contributed by atoms with van der Waals surface area (Å²) in [5, 5.41) is 0. The van der Waals surface area contributed by atoms with Crippen molar-refractivity contribution in [2.45, 2.75) is 5.88 Å². The predicted octanol–water partition coefficient (Wildman–Crippen LogP) is 2.38. The molecule has 0 unspecified atom stereocenters. The zero-order valence-electron chi connectivity index (χ0n) is 10.1. The van der Waals surface area contributed by atoms with E-state index in [4.69, 9.17) is 20.5 Å². The molecule has 0 atom stereocenters. The van der Waals surface area contributed by atoms with Crippen LogP contribution in [0.3, 0.4) is 0 Å². The summed E-state index contributed by atoms with van der Waals surface area (Å²) in [6, 6.07) is 3.30. The molecule has 0 amide bonds. The Kier molecular flexibility index (Phi) is 5.27. The second-order valence-corrected chi connectivity index (χ2v) is 6.44. The molecule has 0 aromatic heterocycles. The third-order valence-corrected chi connectivity index (χ3v) is 4.25. The molecule has 0 saturated carbocycles. The van der Waals surface area contributed by atoms with Crippen LogP contribution in [0.15, 0.2) is 16.6 Å². The van der Waals surface area contributed by atoms with E-state index in [0.717, 1.165) is 9.87 Å². The summed E-state index contributed by atoms with van der Waals surface area (Å²) in [5.74, 6) is 0.681. The van der Waals surface area contributed by atoms with Crippen LogP contribution in [-0.2, 0) is 16.2 Å². The average molecular weight is 359 g/mol. The van der Waals surface area contributed by atoms with Crippen molar-refractivity contribution in [3.63, 3.8) is 0 Å². The van der Waals surface area contributed by atoms with Crippen molar-refractivity contribution >= 4 is 37.8 Å². The summed E-state index contributed by atoms with van der Waals surface area (Å²) >= 11 is 8.95. The van der Waals surface area contributed by atoms with Gasteiger partial charge >= 0.3 is 10.3 Å². The van der Waals surface area contributed by atoms with Crippen molar-refractivity contribution in [3.05, 3.63) is 22.2 Å². The van der Waals surface area contributed by atoms with Gasteiger partial charge in [-0.2, -0.15) is 12.7 Å². The Hall–Kier alpha value is -0.500. The highest BCUT2D eigenvalue weighted by Crippen LogP contribution is 2.38. The first-order chi connectivity index (χ1) is 8.31. The molecule has 0 fully saturated rings. The third-order valence-electron chi connectivity index (χ3n) is 2.08. The minimum absolute atomic E-state index is 0.0973. The fourth-order valence-corrected chi connectivity index (χ4v) is 2.47. The van der Waals surface area contributed by atoms with Gasteiger partial charge in [0.15, 0.2) is 11.5 Å². The zero-order chi connectivity index (χ0) is 13.9. The highest BCUT2D eigenvalue weighted by molar-refractivity contribution is 9.10. The number of hydrogen-bond acceptors (Lipinski definition) is 4. The van der Waals surface area contributed by atoms with Gasteiger partial charge in [0.2, 0.25) is 0 Å². The van der Waals surface area contributed by atoms with Crippen LogP contribution in [0.1, 0.15) is 5.56 Å². The maximum absolute atomic E-state index is 11.7. The van der Waals surface area contributed by atoms with Crippen LogP contribution in [0.2, 0.25) is 0 Å². The molecular weight excluding hydrogens is 346 g/mol. The van der Waals surface area contributed by atoms with Gasteiger partial charge in [0.25, 0.3) is 0 Å². The van der Waals surface area contributed by atoms with Crippen molar-refractivity contribution in [3.8, 4) is 11.5 Å². The maximum atomic E-state index is 11.7. The van der Waals surface area contributed by atoms with Crippen LogP contribution in [0.5, 0.6) is 11.5 Å². The summed E-state index contributed by atoms with van der Waals surface area (Å²) in [7, 11) is 0.346. The van der Waals surface area contributed by atoms with Crippen LogP contribution < -0.4 is 8.92 Å². The summed E-state index contributed by atoms with van der Waals surface area (Å²) in [4.78, 5) is 0. The minimum Gasteiger partial charge on any atom is -0.493 e. The lowest BCUT2D eigenvalue weighted by atomic mass is 10.2. The molecule has 0 saturated heterocycles. The van der Waals surface area contributed by atoms with E-state index in [1.807, 2.05) is 0 Å². The monoisotopic (exact) mass is 357 g/mol. The summed E-state index contributed by atoms with van der Waals surface area (Å²) < 4.78 is 34.9. The topological polar surface area (TPSA) is 55.8 Å². The second kappa shape index (κ2) is 6.10.